The summed E-state index contributed by atoms with van der Waals surface area (Å²) >= 11 is 0. The van der Waals surface area contributed by atoms with E-state index in [-0.39, 0.29) is 0 Å². The van der Waals surface area contributed by atoms with E-state index in [1.807, 2.05) is 32.0 Å². The number of aromatic nitrogens is 2. The third-order valence-corrected chi connectivity index (χ3v) is 3.07. The third kappa shape index (κ3) is 2.90. The molecule has 2 N–H and O–H groups in total. The zero-order valence-electron chi connectivity index (χ0n) is 11.6. The monoisotopic (exact) mass is 257 g/mol. The minimum Gasteiger partial charge on any atom is -0.437 e. The highest BCUT2D eigenvalue weighted by Gasteiger charge is 2.11. The van der Waals surface area contributed by atoms with Crippen LogP contribution in [0.2, 0.25) is 0 Å². The van der Waals surface area contributed by atoms with Crippen molar-refractivity contribution in [1.82, 2.24) is 9.97 Å². The van der Waals surface area contributed by atoms with E-state index in [9.17, 15) is 0 Å². The fourth-order valence-electron chi connectivity index (χ4n) is 1.95. The topological polar surface area (TPSA) is 61.0 Å². The Kier molecular flexibility index (Phi) is 4.12. The third-order valence-electron chi connectivity index (χ3n) is 3.07. The first-order valence-corrected chi connectivity index (χ1v) is 6.44. The van der Waals surface area contributed by atoms with Crippen LogP contribution in [-0.4, -0.2) is 9.97 Å². The van der Waals surface area contributed by atoms with Crippen molar-refractivity contribution in [2.75, 3.05) is 0 Å². The highest BCUT2D eigenvalue weighted by atomic mass is 16.5. The van der Waals surface area contributed by atoms with Crippen LogP contribution < -0.4 is 10.5 Å². The number of aryl methyl sites for hydroxylation is 3. The lowest BCUT2D eigenvalue weighted by atomic mass is 10.1. The number of hydrogen-bond donors (Lipinski definition) is 1. The molecule has 0 amide bonds. The van der Waals surface area contributed by atoms with E-state index in [1.54, 1.807) is 6.20 Å². The molecular weight excluding hydrogens is 238 g/mol. The first-order chi connectivity index (χ1) is 9.15. The summed E-state index contributed by atoms with van der Waals surface area (Å²) in [6.45, 7) is 6.45. The fraction of sp³-hybridized carbons (Fsp3) is 0.333. The average molecular weight is 257 g/mol. The van der Waals surface area contributed by atoms with Crippen LogP contribution in [0.3, 0.4) is 0 Å². The summed E-state index contributed by atoms with van der Waals surface area (Å²) in [4.78, 5) is 8.76. The highest BCUT2D eigenvalue weighted by Crippen LogP contribution is 2.27. The number of rotatable bonds is 4. The van der Waals surface area contributed by atoms with E-state index < -0.39 is 0 Å². The maximum absolute atomic E-state index is 5.90. The summed E-state index contributed by atoms with van der Waals surface area (Å²) in [5.41, 5.74) is 9.71. The van der Waals surface area contributed by atoms with E-state index in [0.717, 1.165) is 34.7 Å². The Balaban J connectivity index is 2.39. The first kappa shape index (κ1) is 13.5. The molecule has 0 atom stereocenters. The summed E-state index contributed by atoms with van der Waals surface area (Å²) in [5.74, 6) is 1.32. The van der Waals surface area contributed by atoms with Gasteiger partial charge in [0.15, 0.2) is 5.75 Å². The summed E-state index contributed by atoms with van der Waals surface area (Å²) in [6, 6.07) is 5.81. The molecule has 2 aromatic rings. The van der Waals surface area contributed by atoms with Crippen molar-refractivity contribution in [3.05, 3.63) is 46.9 Å². The van der Waals surface area contributed by atoms with Gasteiger partial charge in [-0.2, -0.15) is 0 Å². The second-order valence-electron chi connectivity index (χ2n) is 4.47. The predicted octanol–water partition coefficient (Wildman–Crippen LogP) is 2.91. The molecule has 0 unspecified atom stereocenters. The van der Waals surface area contributed by atoms with Gasteiger partial charge in [-0.05, 0) is 44.0 Å². The van der Waals surface area contributed by atoms with Gasteiger partial charge in [0.05, 0.1) is 5.69 Å². The van der Waals surface area contributed by atoms with Crippen molar-refractivity contribution in [2.45, 2.75) is 33.7 Å². The maximum Gasteiger partial charge on any atom is 0.224 e. The Labute approximate surface area is 113 Å². The molecule has 19 heavy (non-hydrogen) atoms. The van der Waals surface area contributed by atoms with Gasteiger partial charge in [0.25, 0.3) is 0 Å². The molecule has 0 radical (unpaired) electrons. The number of ether oxygens (including phenoxy) is 1. The van der Waals surface area contributed by atoms with Gasteiger partial charge in [0, 0.05) is 24.0 Å². The molecular formula is C15H19N3O. The Morgan fingerprint density at radius 1 is 1.21 bits per heavy atom. The summed E-state index contributed by atoms with van der Waals surface area (Å²) < 4.78 is 5.90. The molecule has 0 bridgehead atoms. The quantitative estimate of drug-likeness (QED) is 0.914. The molecule has 0 saturated carbocycles. The van der Waals surface area contributed by atoms with Crippen molar-refractivity contribution >= 4 is 0 Å². The van der Waals surface area contributed by atoms with Crippen LogP contribution in [0.5, 0.6) is 11.6 Å². The van der Waals surface area contributed by atoms with Gasteiger partial charge in [-0.15, -0.1) is 0 Å². The lowest BCUT2D eigenvalue weighted by Gasteiger charge is -2.13. The molecule has 0 spiro atoms. The standard InChI is InChI=1S/C15H19N3O/c1-4-13-14(6-5-11(3)18-13)19-15-12(9-16)10(2)7-8-17-15/h5-8H,4,9,16H2,1-3H3. The molecule has 0 fully saturated rings. The second kappa shape index (κ2) is 5.80. The molecule has 4 heteroatoms. The van der Waals surface area contributed by atoms with Gasteiger partial charge in [-0.3, -0.25) is 4.98 Å². The van der Waals surface area contributed by atoms with E-state index in [0.29, 0.717) is 12.4 Å². The van der Waals surface area contributed by atoms with Gasteiger partial charge < -0.3 is 10.5 Å². The Morgan fingerprint density at radius 2 is 2.00 bits per heavy atom. The second-order valence-corrected chi connectivity index (χ2v) is 4.47. The van der Waals surface area contributed by atoms with Crippen LogP contribution >= 0.6 is 0 Å². The highest BCUT2D eigenvalue weighted by molar-refractivity contribution is 5.38. The smallest absolute Gasteiger partial charge is 0.224 e. The molecule has 0 aliphatic heterocycles. The van der Waals surface area contributed by atoms with E-state index in [4.69, 9.17) is 10.5 Å². The summed E-state index contributed by atoms with van der Waals surface area (Å²) in [5, 5.41) is 0. The molecule has 100 valence electrons. The normalized spacial score (nSPS) is 10.5. The van der Waals surface area contributed by atoms with E-state index >= 15 is 0 Å². The average Bonchev–Trinajstić information content (AvgIpc) is 2.41. The lowest BCUT2D eigenvalue weighted by Crippen LogP contribution is -2.05. The van der Waals surface area contributed by atoms with Crippen LogP contribution in [0.25, 0.3) is 0 Å². The molecule has 0 aliphatic carbocycles. The maximum atomic E-state index is 5.90. The van der Waals surface area contributed by atoms with Crippen LogP contribution in [0, 0.1) is 13.8 Å². The first-order valence-electron chi connectivity index (χ1n) is 6.44. The minimum atomic E-state index is 0.412. The van der Waals surface area contributed by atoms with Gasteiger partial charge in [-0.25, -0.2) is 4.98 Å². The predicted molar refractivity (Wildman–Crippen MR) is 75.3 cm³/mol. The van der Waals surface area contributed by atoms with Gasteiger partial charge in [0.2, 0.25) is 5.88 Å². The Morgan fingerprint density at radius 3 is 2.68 bits per heavy atom. The van der Waals surface area contributed by atoms with Gasteiger partial charge >= 0.3 is 0 Å². The molecule has 0 aliphatic rings. The van der Waals surface area contributed by atoms with Crippen molar-refractivity contribution in [3.8, 4) is 11.6 Å². The Hall–Kier alpha value is -1.94. The molecule has 2 rings (SSSR count). The summed E-state index contributed by atoms with van der Waals surface area (Å²) in [7, 11) is 0. The zero-order valence-corrected chi connectivity index (χ0v) is 11.6. The van der Waals surface area contributed by atoms with Crippen molar-refractivity contribution in [3.63, 3.8) is 0 Å². The SMILES string of the molecule is CCc1nc(C)ccc1Oc1nccc(C)c1CN. The molecule has 0 saturated heterocycles. The summed E-state index contributed by atoms with van der Waals surface area (Å²) in [6.07, 6.45) is 2.55. The largest absolute Gasteiger partial charge is 0.437 e. The van der Waals surface area contributed by atoms with Crippen molar-refractivity contribution in [2.24, 2.45) is 5.73 Å². The van der Waals surface area contributed by atoms with Crippen LogP contribution in [-0.2, 0) is 13.0 Å². The number of pyridine rings is 2. The van der Waals surface area contributed by atoms with E-state index in [2.05, 4.69) is 16.9 Å². The number of hydrogen-bond acceptors (Lipinski definition) is 4. The molecule has 4 nitrogen and oxygen atoms in total. The fourth-order valence-corrected chi connectivity index (χ4v) is 1.95. The minimum absolute atomic E-state index is 0.412. The van der Waals surface area contributed by atoms with Crippen LogP contribution in [0.1, 0.15) is 29.4 Å². The van der Waals surface area contributed by atoms with Gasteiger partial charge in [0.1, 0.15) is 0 Å². The zero-order chi connectivity index (χ0) is 13.8. The lowest BCUT2D eigenvalue weighted by molar-refractivity contribution is 0.447. The molecule has 0 aromatic carbocycles. The van der Waals surface area contributed by atoms with Crippen LogP contribution in [0.15, 0.2) is 24.4 Å². The van der Waals surface area contributed by atoms with Crippen molar-refractivity contribution < 1.29 is 4.74 Å². The molecule has 2 aromatic heterocycles. The molecule has 2 heterocycles. The number of nitrogens with two attached hydrogens (primary N) is 1. The van der Waals surface area contributed by atoms with Crippen molar-refractivity contribution in [1.29, 1.82) is 0 Å². The van der Waals surface area contributed by atoms with Gasteiger partial charge in [-0.1, -0.05) is 6.92 Å². The number of nitrogens with zero attached hydrogens (tertiary/aromatic N) is 2. The van der Waals surface area contributed by atoms with E-state index in [1.165, 1.54) is 0 Å². The van der Waals surface area contributed by atoms with Crippen LogP contribution in [0.4, 0.5) is 0 Å². The Bertz CT molecular complexity index is 582.